The lowest BCUT2D eigenvalue weighted by Crippen LogP contribution is -2.28. The molecule has 2 aromatic rings. The number of hydrogen-bond donors (Lipinski definition) is 6. The quantitative estimate of drug-likeness (QED) is 0.109. The van der Waals surface area contributed by atoms with E-state index >= 15 is 0 Å². The Morgan fingerprint density at radius 3 is 1.63 bits per heavy atom. The van der Waals surface area contributed by atoms with Gasteiger partial charge in [-0.15, -0.1) is 0 Å². The summed E-state index contributed by atoms with van der Waals surface area (Å²) >= 11 is 0. The molecule has 0 heterocycles. The van der Waals surface area contributed by atoms with Gasteiger partial charge in [-0.3, -0.25) is 0 Å². The van der Waals surface area contributed by atoms with Crippen LogP contribution in [0.25, 0.3) is 0 Å². The van der Waals surface area contributed by atoms with Crippen molar-refractivity contribution in [2.45, 2.75) is 160 Å². The Hall–Kier alpha value is -1.96. The molecule has 6 N–H and O–H groups in total. The average Bonchev–Trinajstić information content (AvgIpc) is 3.57. The third kappa shape index (κ3) is 9.68. The van der Waals surface area contributed by atoms with Crippen LogP contribution >= 0.6 is 0 Å². The fraction of sp³-hybridized carbons (Fsp3) is 0.721. The summed E-state index contributed by atoms with van der Waals surface area (Å²) in [6.45, 7) is 4.47. The molecule has 2 saturated carbocycles. The second-order valence-corrected chi connectivity index (χ2v) is 16.2. The fourth-order valence-corrected chi connectivity index (χ4v) is 10.2. The van der Waals surface area contributed by atoms with Crippen LogP contribution in [0.1, 0.15) is 132 Å². The van der Waals surface area contributed by atoms with Gasteiger partial charge in [-0.25, -0.2) is 0 Å². The van der Waals surface area contributed by atoms with Crippen molar-refractivity contribution in [1.82, 2.24) is 0 Å². The molecule has 0 spiro atoms. The highest BCUT2D eigenvalue weighted by molar-refractivity contribution is 5.42. The predicted octanol–water partition coefficient (Wildman–Crippen LogP) is 7.44. The van der Waals surface area contributed by atoms with E-state index in [0.29, 0.717) is 41.3 Å². The monoisotopic (exact) mass is 678 g/mol. The van der Waals surface area contributed by atoms with Gasteiger partial charge in [-0.2, -0.15) is 0 Å². The fourth-order valence-electron chi connectivity index (χ4n) is 10.2. The van der Waals surface area contributed by atoms with Crippen LogP contribution in [-0.4, -0.2) is 55.1 Å². The Morgan fingerprint density at radius 1 is 0.633 bits per heavy atom. The molecule has 6 heteroatoms. The van der Waals surface area contributed by atoms with E-state index in [1.807, 2.05) is 18.2 Å². The SMILES string of the molecule is CCCCC[C@H](O)CC[C@H]1[C@H](O)CC2Cc3c(CO)cccc3C[C@@H]21.CCCCC[C@H](O)CC[C@H]1[C@H](O)CC2Cc3c(O)cccc3C[C@@H]21. The number of hydrogen-bond acceptors (Lipinski definition) is 6. The molecule has 2 unspecified atom stereocenters. The second-order valence-electron chi connectivity index (χ2n) is 16.2. The summed E-state index contributed by atoms with van der Waals surface area (Å²) in [5, 5.41) is 61.3. The Morgan fingerprint density at radius 2 is 1.12 bits per heavy atom. The van der Waals surface area contributed by atoms with Crippen molar-refractivity contribution in [3.05, 3.63) is 64.2 Å². The topological polar surface area (TPSA) is 121 Å². The van der Waals surface area contributed by atoms with Crippen molar-refractivity contribution in [2.75, 3.05) is 0 Å². The van der Waals surface area contributed by atoms with Crippen molar-refractivity contribution in [1.29, 1.82) is 0 Å². The summed E-state index contributed by atoms with van der Waals surface area (Å²) in [7, 11) is 0. The molecule has 0 bridgehead atoms. The molecule has 4 aliphatic rings. The van der Waals surface area contributed by atoms with Gasteiger partial charge >= 0.3 is 0 Å². The Labute approximate surface area is 296 Å². The van der Waals surface area contributed by atoms with E-state index in [0.717, 1.165) is 101 Å². The number of unbranched alkanes of at least 4 members (excludes halogenated alkanes) is 4. The van der Waals surface area contributed by atoms with E-state index in [2.05, 4.69) is 26.0 Å². The minimum Gasteiger partial charge on any atom is -0.508 e. The van der Waals surface area contributed by atoms with Gasteiger partial charge in [-0.05, 0) is 146 Å². The third-order valence-corrected chi connectivity index (χ3v) is 13.0. The normalized spacial score (nSPS) is 29.6. The van der Waals surface area contributed by atoms with Crippen molar-refractivity contribution in [3.63, 3.8) is 0 Å². The molecule has 49 heavy (non-hydrogen) atoms. The molecule has 0 aliphatic heterocycles. The summed E-state index contributed by atoms with van der Waals surface area (Å²) in [6.07, 6.45) is 16.9. The Balaban J connectivity index is 0.000000191. The number of benzene rings is 2. The van der Waals surface area contributed by atoms with Gasteiger partial charge in [0, 0.05) is 0 Å². The Bertz CT molecular complexity index is 1300. The molecule has 0 aromatic heterocycles. The number of aliphatic hydroxyl groups excluding tert-OH is 5. The molecule has 2 fully saturated rings. The smallest absolute Gasteiger partial charge is 0.119 e. The first-order chi connectivity index (χ1) is 23.7. The second kappa shape index (κ2) is 18.5. The van der Waals surface area contributed by atoms with E-state index in [4.69, 9.17) is 0 Å². The molecule has 4 aliphatic carbocycles. The molecular weight excluding hydrogens is 612 g/mol. The van der Waals surface area contributed by atoms with E-state index in [1.54, 1.807) is 6.07 Å². The van der Waals surface area contributed by atoms with Crippen LogP contribution < -0.4 is 0 Å². The molecule has 0 radical (unpaired) electrons. The van der Waals surface area contributed by atoms with E-state index < -0.39 is 0 Å². The first-order valence-electron chi connectivity index (χ1n) is 20.0. The summed E-state index contributed by atoms with van der Waals surface area (Å²) in [5.74, 6) is 3.05. The predicted molar refractivity (Wildman–Crippen MR) is 196 cm³/mol. The number of fused-ring (bicyclic) bond motifs is 4. The average molecular weight is 679 g/mol. The molecule has 6 nitrogen and oxygen atoms in total. The van der Waals surface area contributed by atoms with Crippen molar-refractivity contribution < 1.29 is 30.6 Å². The first-order valence-corrected chi connectivity index (χ1v) is 20.0. The third-order valence-electron chi connectivity index (χ3n) is 13.0. The van der Waals surface area contributed by atoms with Crippen LogP contribution in [-0.2, 0) is 32.3 Å². The van der Waals surface area contributed by atoms with E-state index in [9.17, 15) is 30.6 Å². The van der Waals surface area contributed by atoms with Gasteiger partial charge in [0.05, 0.1) is 31.0 Å². The molecule has 2 aromatic carbocycles. The maximum atomic E-state index is 10.6. The van der Waals surface area contributed by atoms with E-state index in [-0.39, 0.29) is 31.0 Å². The van der Waals surface area contributed by atoms with Crippen LogP contribution in [0.5, 0.6) is 5.75 Å². The number of aliphatic hydroxyl groups is 5. The minimum atomic E-state index is -0.251. The van der Waals surface area contributed by atoms with E-state index in [1.165, 1.54) is 42.4 Å². The Kier molecular flexibility index (Phi) is 14.5. The number of rotatable bonds is 15. The van der Waals surface area contributed by atoms with Crippen LogP contribution in [0, 0.1) is 35.5 Å². The zero-order chi connectivity index (χ0) is 34.9. The van der Waals surface area contributed by atoms with Crippen LogP contribution in [0.15, 0.2) is 36.4 Å². The van der Waals surface area contributed by atoms with Crippen molar-refractivity contribution in [3.8, 4) is 5.75 Å². The first kappa shape index (κ1) is 38.3. The van der Waals surface area contributed by atoms with Crippen molar-refractivity contribution >= 4 is 0 Å². The largest absolute Gasteiger partial charge is 0.508 e. The number of phenols is 1. The van der Waals surface area contributed by atoms with Gasteiger partial charge in [0.1, 0.15) is 5.75 Å². The lowest BCUT2D eigenvalue weighted by molar-refractivity contribution is 0.0864. The van der Waals surface area contributed by atoms with Gasteiger partial charge < -0.3 is 30.6 Å². The number of aromatic hydroxyl groups is 1. The summed E-state index contributed by atoms with van der Waals surface area (Å²) < 4.78 is 0. The standard InChI is InChI=1S/C22H34O3.C21H32O3/c1-2-3-4-8-18(24)9-10-19-21-11-15-6-5-7-16(14-23)20(15)12-17(21)13-22(19)25;1-2-3-4-7-16(22)9-10-17-18-11-14-6-5-8-20(23)19(14)12-15(18)13-21(17)24/h5-7,17-19,21-25H,2-4,8-14H2,1H3;5-6,8,15-18,21-24H,2-4,7,9-13H2,1H3/t17?,18-,19+,21-,22+;15?,16-,17+,18-,21+/m00/s1. The lowest BCUT2D eigenvalue weighted by Gasteiger charge is -2.32. The van der Waals surface area contributed by atoms with Gasteiger partial charge in [0.25, 0.3) is 0 Å². The molecule has 0 amide bonds. The molecular formula is C43H66O6. The maximum absolute atomic E-state index is 10.6. The summed E-state index contributed by atoms with van der Waals surface area (Å²) in [6, 6.07) is 12.1. The van der Waals surface area contributed by atoms with Gasteiger partial charge in [0.15, 0.2) is 0 Å². The van der Waals surface area contributed by atoms with Crippen molar-refractivity contribution in [2.24, 2.45) is 35.5 Å². The van der Waals surface area contributed by atoms with Crippen LogP contribution in [0.2, 0.25) is 0 Å². The summed E-state index contributed by atoms with van der Waals surface area (Å²) in [4.78, 5) is 0. The van der Waals surface area contributed by atoms with Crippen LogP contribution in [0.3, 0.4) is 0 Å². The summed E-state index contributed by atoms with van der Waals surface area (Å²) in [5.41, 5.74) is 6.07. The lowest BCUT2D eigenvalue weighted by atomic mass is 9.72. The minimum absolute atomic E-state index is 0.108. The highest BCUT2D eigenvalue weighted by atomic mass is 16.3. The number of phenolic OH excluding ortho intramolecular Hbond substituents is 1. The zero-order valence-corrected chi connectivity index (χ0v) is 30.4. The highest BCUT2D eigenvalue weighted by Crippen LogP contribution is 2.49. The van der Waals surface area contributed by atoms with Gasteiger partial charge in [0.2, 0.25) is 0 Å². The molecule has 6 rings (SSSR count). The molecule has 274 valence electrons. The maximum Gasteiger partial charge on any atom is 0.119 e. The molecule has 0 saturated heterocycles. The molecule has 10 atom stereocenters. The van der Waals surface area contributed by atoms with Gasteiger partial charge in [-0.1, -0.05) is 82.7 Å². The highest BCUT2D eigenvalue weighted by Gasteiger charge is 2.46. The zero-order valence-electron chi connectivity index (χ0n) is 30.4. The van der Waals surface area contributed by atoms with Crippen LogP contribution in [0.4, 0.5) is 0 Å².